The van der Waals surface area contributed by atoms with Crippen LogP contribution in [0.5, 0.6) is 0 Å². The molecule has 1 aliphatic rings. The van der Waals surface area contributed by atoms with Crippen LogP contribution in [0.15, 0.2) is 18.2 Å². The number of hydrogen-bond donors (Lipinski definition) is 3. The molecule has 1 fully saturated rings. The number of benzene rings is 1. The standard InChI is InChI=1S/C18H27NO4/c1-18(2,15-9-13(11-20)8-14(10-15)12-21)23-17(22)19-16-6-4-3-5-7-16/h8-10,16,20-21H,3-7,11-12H2,1-2H3,(H,19,22). The number of alkyl carbamates (subject to hydrolysis) is 1. The number of amides is 1. The summed E-state index contributed by atoms with van der Waals surface area (Å²) in [5.74, 6) is 0. The van der Waals surface area contributed by atoms with Crippen molar-refractivity contribution >= 4 is 6.09 Å². The van der Waals surface area contributed by atoms with Gasteiger partial charge in [-0.1, -0.05) is 25.3 Å². The van der Waals surface area contributed by atoms with E-state index in [2.05, 4.69) is 5.32 Å². The van der Waals surface area contributed by atoms with E-state index in [0.29, 0.717) is 11.1 Å². The zero-order valence-corrected chi connectivity index (χ0v) is 14.0. The Labute approximate surface area is 137 Å². The van der Waals surface area contributed by atoms with E-state index in [1.54, 1.807) is 18.2 Å². The van der Waals surface area contributed by atoms with Gasteiger partial charge in [0, 0.05) is 6.04 Å². The molecule has 0 atom stereocenters. The van der Waals surface area contributed by atoms with E-state index in [1.807, 2.05) is 13.8 Å². The minimum atomic E-state index is -0.839. The lowest BCUT2D eigenvalue weighted by Crippen LogP contribution is -2.40. The first-order chi connectivity index (χ1) is 10.9. The SMILES string of the molecule is CC(C)(OC(=O)NC1CCCCC1)c1cc(CO)cc(CO)c1. The van der Waals surface area contributed by atoms with Gasteiger partial charge in [0.25, 0.3) is 0 Å². The molecule has 23 heavy (non-hydrogen) atoms. The molecular weight excluding hydrogens is 294 g/mol. The van der Waals surface area contributed by atoms with Crippen molar-refractivity contribution in [2.24, 2.45) is 0 Å². The summed E-state index contributed by atoms with van der Waals surface area (Å²) < 4.78 is 5.61. The third-order valence-electron chi connectivity index (χ3n) is 4.39. The maximum atomic E-state index is 12.2. The largest absolute Gasteiger partial charge is 0.439 e. The smallest absolute Gasteiger partial charge is 0.408 e. The molecule has 5 nitrogen and oxygen atoms in total. The fourth-order valence-electron chi connectivity index (χ4n) is 3.03. The average molecular weight is 321 g/mol. The number of aliphatic hydroxyl groups excluding tert-OH is 2. The summed E-state index contributed by atoms with van der Waals surface area (Å²) in [7, 11) is 0. The molecule has 0 aliphatic heterocycles. The molecule has 0 saturated heterocycles. The highest BCUT2D eigenvalue weighted by molar-refractivity contribution is 5.68. The monoisotopic (exact) mass is 321 g/mol. The molecule has 1 amide bonds. The van der Waals surface area contributed by atoms with Crippen molar-refractivity contribution in [3.05, 3.63) is 34.9 Å². The normalized spacial score (nSPS) is 16.2. The van der Waals surface area contributed by atoms with Crippen molar-refractivity contribution in [3.8, 4) is 0 Å². The Morgan fingerprint density at radius 2 is 1.70 bits per heavy atom. The van der Waals surface area contributed by atoms with Gasteiger partial charge in [-0.3, -0.25) is 0 Å². The van der Waals surface area contributed by atoms with Crippen molar-refractivity contribution in [1.82, 2.24) is 5.32 Å². The molecule has 1 saturated carbocycles. The Kier molecular flexibility index (Phi) is 6.02. The van der Waals surface area contributed by atoms with Gasteiger partial charge in [-0.05, 0) is 55.5 Å². The van der Waals surface area contributed by atoms with Crippen LogP contribution in [0.25, 0.3) is 0 Å². The van der Waals surface area contributed by atoms with Crippen LogP contribution in [0.4, 0.5) is 4.79 Å². The lowest BCUT2D eigenvalue weighted by atomic mass is 9.94. The Hall–Kier alpha value is -1.59. The van der Waals surface area contributed by atoms with Gasteiger partial charge < -0.3 is 20.3 Å². The van der Waals surface area contributed by atoms with Gasteiger partial charge in [-0.25, -0.2) is 4.79 Å². The second-order valence-electron chi connectivity index (χ2n) is 6.73. The Morgan fingerprint density at radius 3 is 2.22 bits per heavy atom. The van der Waals surface area contributed by atoms with Gasteiger partial charge in [0.1, 0.15) is 5.60 Å². The minimum Gasteiger partial charge on any atom is -0.439 e. The molecule has 5 heteroatoms. The zero-order valence-electron chi connectivity index (χ0n) is 14.0. The van der Waals surface area contributed by atoms with Crippen molar-refractivity contribution in [3.63, 3.8) is 0 Å². The second-order valence-corrected chi connectivity index (χ2v) is 6.73. The fourth-order valence-corrected chi connectivity index (χ4v) is 3.03. The number of aliphatic hydroxyl groups is 2. The highest BCUT2D eigenvalue weighted by Crippen LogP contribution is 2.27. The van der Waals surface area contributed by atoms with E-state index in [0.717, 1.165) is 31.2 Å². The molecule has 0 aromatic heterocycles. The number of carbonyl (C=O) groups is 1. The van der Waals surface area contributed by atoms with Crippen LogP contribution in [-0.2, 0) is 23.6 Å². The molecule has 1 aliphatic carbocycles. The van der Waals surface area contributed by atoms with Crippen LogP contribution >= 0.6 is 0 Å². The van der Waals surface area contributed by atoms with Crippen molar-refractivity contribution < 1.29 is 19.7 Å². The number of nitrogens with one attached hydrogen (secondary N) is 1. The number of rotatable bonds is 5. The lowest BCUT2D eigenvalue weighted by Gasteiger charge is -2.29. The van der Waals surface area contributed by atoms with E-state index >= 15 is 0 Å². The third-order valence-corrected chi connectivity index (χ3v) is 4.39. The third kappa shape index (κ3) is 4.94. The molecule has 128 valence electrons. The summed E-state index contributed by atoms with van der Waals surface area (Å²) in [6.45, 7) is 3.38. The summed E-state index contributed by atoms with van der Waals surface area (Å²) in [6.07, 6.45) is 5.12. The minimum absolute atomic E-state index is 0.120. The van der Waals surface area contributed by atoms with E-state index in [9.17, 15) is 15.0 Å². The molecule has 3 N–H and O–H groups in total. The maximum absolute atomic E-state index is 12.2. The molecule has 0 radical (unpaired) electrons. The summed E-state index contributed by atoms with van der Waals surface area (Å²) in [5.41, 5.74) is 1.30. The highest BCUT2D eigenvalue weighted by Gasteiger charge is 2.27. The van der Waals surface area contributed by atoms with Gasteiger partial charge in [-0.15, -0.1) is 0 Å². The van der Waals surface area contributed by atoms with Gasteiger partial charge in [0.05, 0.1) is 13.2 Å². The van der Waals surface area contributed by atoms with Gasteiger partial charge in [0.15, 0.2) is 0 Å². The van der Waals surface area contributed by atoms with Crippen LogP contribution < -0.4 is 5.32 Å². The highest BCUT2D eigenvalue weighted by atomic mass is 16.6. The summed E-state index contributed by atoms with van der Waals surface area (Å²) in [4.78, 5) is 12.2. The van der Waals surface area contributed by atoms with Gasteiger partial charge in [-0.2, -0.15) is 0 Å². The van der Waals surface area contributed by atoms with E-state index in [1.165, 1.54) is 6.42 Å². The second kappa shape index (κ2) is 7.79. The fraction of sp³-hybridized carbons (Fsp3) is 0.611. The van der Waals surface area contributed by atoms with Crippen molar-refractivity contribution in [2.45, 2.75) is 70.8 Å². The van der Waals surface area contributed by atoms with E-state index < -0.39 is 11.7 Å². The van der Waals surface area contributed by atoms with Gasteiger partial charge >= 0.3 is 6.09 Å². The molecule has 0 heterocycles. The van der Waals surface area contributed by atoms with Gasteiger partial charge in [0.2, 0.25) is 0 Å². The lowest BCUT2D eigenvalue weighted by molar-refractivity contribution is 0.0332. The maximum Gasteiger partial charge on any atom is 0.408 e. The molecule has 0 bridgehead atoms. The predicted molar refractivity (Wildman–Crippen MR) is 87.8 cm³/mol. The average Bonchev–Trinajstić information content (AvgIpc) is 2.54. The van der Waals surface area contributed by atoms with Crippen molar-refractivity contribution in [1.29, 1.82) is 0 Å². The summed E-state index contributed by atoms with van der Waals surface area (Å²) >= 11 is 0. The molecule has 2 rings (SSSR count). The first kappa shape index (κ1) is 17.8. The molecule has 0 unspecified atom stereocenters. The van der Waals surface area contributed by atoms with Crippen LogP contribution in [0.1, 0.15) is 62.6 Å². The molecule has 0 spiro atoms. The van der Waals surface area contributed by atoms with E-state index in [-0.39, 0.29) is 19.3 Å². The summed E-state index contributed by atoms with van der Waals surface area (Å²) in [6, 6.07) is 5.53. The molecular formula is C18H27NO4. The van der Waals surface area contributed by atoms with Crippen LogP contribution in [0, 0.1) is 0 Å². The van der Waals surface area contributed by atoms with E-state index in [4.69, 9.17) is 4.74 Å². The van der Waals surface area contributed by atoms with Crippen LogP contribution in [0.3, 0.4) is 0 Å². The van der Waals surface area contributed by atoms with Crippen LogP contribution in [-0.4, -0.2) is 22.3 Å². The molecule has 1 aromatic carbocycles. The quantitative estimate of drug-likeness (QED) is 0.779. The first-order valence-electron chi connectivity index (χ1n) is 8.29. The first-order valence-corrected chi connectivity index (χ1v) is 8.29. The van der Waals surface area contributed by atoms with Crippen LogP contribution in [0.2, 0.25) is 0 Å². The van der Waals surface area contributed by atoms with Crippen molar-refractivity contribution in [2.75, 3.05) is 0 Å². The molecule has 1 aromatic rings. The summed E-state index contributed by atoms with van der Waals surface area (Å²) in [5, 5.41) is 21.6. The Bertz CT molecular complexity index is 514. The Morgan fingerprint density at radius 1 is 1.13 bits per heavy atom. The Balaban J connectivity index is 2.06. The number of hydrogen-bond acceptors (Lipinski definition) is 4. The predicted octanol–water partition coefficient (Wildman–Crippen LogP) is 2.97. The topological polar surface area (TPSA) is 78.8 Å². The zero-order chi connectivity index (χ0) is 16.9. The number of ether oxygens (including phenoxy) is 1. The number of carbonyl (C=O) groups excluding carboxylic acids is 1.